The summed E-state index contributed by atoms with van der Waals surface area (Å²) in [4.78, 5) is 8.87. The summed E-state index contributed by atoms with van der Waals surface area (Å²) in [6.07, 6.45) is 6.23. The molecule has 28 heavy (non-hydrogen) atoms. The molecule has 1 fully saturated rings. The van der Waals surface area contributed by atoms with E-state index in [2.05, 4.69) is 28.5 Å². The second kappa shape index (κ2) is 7.49. The monoisotopic (exact) mass is 382 g/mol. The van der Waals surface area contributed by atoms with Gasteiger partial charge in [0.25, 0.3) is 0 Å². The molecule has 0 bridgehead atoms. The molecule has 0 aromatic heterocycles. The van der Waals surface area contributed by atoms with Gasteiger partial charge < -0.3 is 4.74 Å². The Bertz CT molecular complexity index is 964. The molecule has 0 spiro atoms. The van der Waals surface area contributed by atoms with Crippen LogP contribution in [-0.2, 0) is 6.54 Å². The van der Waals surface area contributed by atoms with Crippen LogP contribution in [0.2, 0.25) is 0 Å². The average Bonchev–Trinajstić information content (AvgIpc) is 3.43. The van der Waals surface area contributed by atoms with Crippen molar-refractivity contribution in [3.8, 4) is 28.4 Å². The number of aryl methyl sites for hydroxylation is 2. The number of aromatic nitrogens is 4. The van der Waals surface area contributed by atoms with E-state index in [4.69, 9.17) is 9.84 Å². The maximum atomic E-state index is 14.7. The standard InChI is InChI=1S/C22H27FN4O/c1-5-7-15(14-8-9-14)21-19(16-11-17(23)18(28-4)10-13(16)3)20-22(25-12-24-20)26-27(21)6-2/h10-12,14-15H,5-9H2,1-4H3. The van der Waals surface area contributed by atoms with Gasteiger partial charge in [0, 0.05) is 18.0 Å². The van der Waals surface area contributed by atoms with Gasteiger partial charge in [-0.1, -0.05) is 13.3 Å². The minimum Gasteiger partial charge on any atom is -0.494 e. The van der Waals surface area contributed by atoms with Crippen molar-refractivity contribution in [2.75, 3.05) is 7.11 Å². The third kappa shape index (κ3) is 3.15. The number of ether oxygens (including phenoxy) is 1. The van der Waals surface area contributed by atoms with E-state index < -0.39 is 0 Å². The van der Waals surface area contributed by atoms with Crippen molar-refractivity contribution >= 4 is 0 Å². The van der Waals surface area contributed by atoms with Crippen LogP contribution in [0.4, 0.5) is 4.39 Å². The maximum Gasteiger partial charge on any atom is 0.200 e. The second-order valence-corrected chi connectivity index (χ2v) is 7.66. The third-order valence-corrected chi connectivity index (χ3v) is 5.77. The topological polar surface area (TPSA) is 52.8 Å². The lowest BCUT2D eigenvalue weighted by atomic mass is 9.86. The van der Waals surface area contributed by atoms with E-state index >= 15 is 0 Å². The highest BCUT2D eigenvalue weighted by Crippen LogP contribution is 2.49. The second-order valence-electron chi connectivity index (χ2n) is 7.66. The highest BCUT2D eigenvalue weighted by atomic mass is 19.1. The number of nitrogens with zero attached hydrogens (tertiary/aromatic N) is 4. The molecule has 1 saturated carbocycles. The lowest BCUT2D eigenvalue weighted by Crippen LogP contribution is -2.19. The van der Waals surface area contributed by atoms with E-state index in [1.807, 2.05) is 6.92 Å². The molecule has 1 atom stereocenters. The number of imidazole rings is 1. The van der Waals surface area contributed by atoms with E-state index in [0.717, 1.165) is 41.8 Å². The first kappa shape index (κ1) is 18.8. The molecule has 2 aliphatic heterocycles. The first-order chi connectivity index (χ1) is 13.6. The van der Waals surface area contributed by atoms with E-state index in [9.17, 15) is 4.39 Å². The Morgan fingerprint density at radius 1 is 1.25 bits per heavy atom. The fourth-order valence-electron chi connectivity index (χ4n) is 4.30. The summed E-state index contributed by atoms with van der Waals surface area (Å²) >= 11 is 0. The summed E-state index contributed by atoms with van der Waals surface area (Å²) in [7, 11) is 1.49. The Kier molecular flexibility index (Phi) is 5.04. The van der Waals surface area contributed by atoms with Crippen LogP contribution in [0.1, 0.15) is 56.7 Å². The van der Waals surface area contributed by atoms with Crippen molar-refractivity contribution in [2.45, 2.75) is 58.9 Å². The number of methoxy groups -OCH3 is 1. The van der Waals surface area contributed by atoms with Gasteiger partial charge in [-0.3, -0.25) is 4.68 Å². The van der Waals surface area contributed by atoms with Gasteiger partial charge in [0.2, 0.25) is 0 Å². The highest BCUT2D eigenvalue weighted by Gasteiger charge is 2.37. The third-order valence-electron chi connectivity index (χ3n) is 5.77. The van der Waals surface area contributed by atoms with Crippen molar-refractivity contribution in [3.63, 3.8) is 0 Å². The highest BCUT2D eigenvalue weighted by molar-refractivity contribution is 5.83. The van der Waals surface area contributed by atoms with Crippen LogP contribution in [0.15, 0.2) is 18.5 Å². The quantitative estimate of drug-likeness (QED) is 0.562. The van der Waals surface area contributed by atoms with Crippen molar-refractivity contribution in [2.24, 2.45) is 5.92 Å². The van der Waals surface area contributed by atoms with Gasteiger partial charge in [-0.15, -0.1) is 0 Å². The molecule has 4 rings (SSSR count). The van der Waals surface area contributed by atoms with Gasteiger partial charge in [-0.05, 0) is 62.3 Å². The van der Waals surface area contributed by atoms with Crippen LogP contribution in [0.3, 0.4) is 0 Å². The van der Waals surface area contributed by atoms with E-state index in [0.29, 0.717) is 17.7 Å². The summed E-state index contributed by atoms with van der Waals surface area (Å²) in [6, 6.07) is 3.34. The molecule has 0 saturated heterocycles. The Hall–Kier alpha value is -2.50. The Labute approximate surface area is 165 Å². The first-order valence-corrected chi connectivity index (χ1v) is 10.1. The zero-order valence-corrected chi connectivity index (χ0v) is 17.0. The number of benzene rings is 1. The van der Waals surface area contributed by atoms with E-state index in [1.54, 1.807) is 18.5 Å². The number of hydrogen-bond acceptors (Lipinski definition) is 4. The average molecular weight is 382 g/mol. The number of fused-ring (bicyclic) bond motifs is 1. The zero-order chi connectivity index (χ0) is 19.8. The van der Waals surface area contributed by atoms with E-state index in [1.165, 1.54) is 25.6 Å². The minimum absolute atomic E-state index is 0.261. The fourth-order valence-corrected chi connectivity index (χ4v) is 4.30. The van der Waals surface area contributed by atoms with Crippen molar-refractivity contribution in [3.05, 3.63) is 35.5 Å². The minimum atomic E-state index is -0.361. The molecule has 1 aliphatic carbocycles. The molecule has 1 unspecified atom stereocenters. The zero-order valence-electron chi connectivity index (χ0n) is 17.0. The van der Waals surface area contributed by atoms with Gasteiger partial charge in [-0.25, -0.2) is 14.4 Å². The molecule has 3 aliphatic rings. The van der Waals surface area contributed by atoms with Gasteiger partial charge in [0.05, 0.1) is 12.8 Å². The van der Waals surface area contributed by atoms with Crippen molar-refractivity contribution in [1.82, 2.24) is 19.7 Å². The molecule has 1 aromatic carbocycles. The molecular formula is C22H27FN4O. The molecule has 2 heterocycles. The van der Waals surface area contributed by atoms with Gasteiger partial charge in [-0.2, -0.15) is 5.10 Å². The Morgan fingerprint density at radius 2 is 2.04 bits per heavy atom. The van der Waals surface area contributed by atoms with Crippen LogP contribution in [0, 0.1) is 18.7 Å². The lowest BCUT2D eigenvalue weighted by molar-refractivity contribution is 0.386. The lowest BCUT2D eigenvalue weighted by Gasteiger charge is -2.26. The molecule has 0 N–H and O–H groups in total. The molecular weight excluding hydrogens is 355 g/mol. The summed E-state index contributed by atoms with van der Waals surface area (Å²) in [5.41, 5.74) is 4.73. The van der Waals surface area contributed by atoms with Crippen LogP contribution < -0.4 is 4.74 Å². The number of halogens is 1. The smallest absolute Gasteiger partial charge is 0.200 e. The predicted molar refractivity (Wildman–Crippen MR) is 107 cm³/mol. The predicted octanol–water partition coefficient (Wildman–Crippen LogP) is 5.21. The molecule has 0 radical (unpaired) electrons. The van der Waals surface area contributed by atoms with Gasteiger partial charge in [0.1, 0.15) is 12.0 Å². The molecule has 6 heteroatoms. The summed E-state index contributed by atoms with van der Waals surface area (Å²) in [5.74, 6) is 1.58. The summed E-state index contributed by atoms with van der Waals surface area (Å²) < 4.78 is 21.9. The van der Waals surface area contributed by atoms with Gasteiger partial charge >= 0.3 is 0 Å². The molecule has 1 aromatic rings. The number of hydrogen-bond donors (Lipinski definition) is 0. The van der Waals surface area contributed by atoms with Crippen LogP contribution in [0.25, 0.3) is 22.6 Å². The fraction of sp³-hybridized carbons (Fsp3) is 0.500. The molecule has 5 nitrogen and oxygen atoms in total. The van der Waals surface area contributed by atoms with Crippen LogP contribution in [0.5, 0.6) is 5.75 Å². The van der Waals surface area contributed by atoms with Gasteiger partial charge in [0.15, 0.2) is 17.4 Å². The van der Waals surface area contributed by atoms with E-state index in [-0.39, 0.29) is 11.6 Å². The van der Waals surface area contributed by atoms with Crippen molar-refractivity contribution < 1.29 is 9.13 Å². The SMILES string of the molecule is CCCC(c1c(-c2cc(F)c(OC)cc2C)c2ncnc-2nn1CC)C1CC1. The maximum absolute atomic E-state index is 14.7. The molecule has 148 valence electrons. The summed E-state index contributed by atoms with van der Waals surface area (Å²) in [5, 5.41) is 4.76. The Balaban J connectivity index is 2.03. The normalized spacial score (nSPS) is 15.2. The van der Waals surface area contributed by atoms with Crippen LogP contribution >= 0.6 is 0 Å². The number of rotatable bonds is 7. The summed E-state index contributed by atoms with van der Waals surface area (Å²) in [6.45, 7) is 7.06. The largest absolute Gasteiger partial charge is 0.494 e. The first-order valence-electron chi connectivity index (χ1n) is 10.1. The Morgan fingerprint density at radius 3 is 2.68 bits per heavy atom. The van der Waals surface area contributed by atoms with Crippen molar-refractivity contribution in [1.29, 1.82) is 0 Å². The molecule has 0 amide bonds. The van der Waals surface area contributed by atoms with Crippen LogP contribution in [-0.4, -0.2) is 26.9 Å².